The standard InChI is InChI=1S/C18H26N4/c1-3-4-5-8-12-21-18(19-2)22-14-17-16-10-7-6-9-15(16)11-13-20-17/h6-7,9-11,13H,3-5,8,12,14H2,1-2H3,(H2,19,21,22). The largest absolute Gasteiger partial charge is 0.356 e. The Kier molecular flexibility index (Phi) is 6.68. The van der Waals surface area contributed by atoms with Crippen molar-refractivity contribution in [1.82, 2.24) is 15.6 Å². The van der Waals surface area contributed by atoms with Crippen LogP contribution in [0, 0.1) is 0 Å². The van der Waals surface area contributed by atoms with Gasteiger partial charge in [0, 0.05) is 25.2 Å². The number of rotatable bonds is 7. The van der Waals surface area contributed by atoms with E-state index in [1.165, 1.54) is 36.5 Å². The molecule has 4 nitrogen and oxygen atoms in total. The Hall–Kier alpha value is -2.10. The Morgan fingerprint density at radius 3 is 2.77 bits per heavy atom. The van der Waals surface area contributed by atoms with E-state index in [0.717, 1.165) is 18.2 Å². The molecule has 0 bridgehead atoms. The van der Waals surface area contributed by atoms with Crippen molar-refractivity contribution in [3.8, 4) is 0 Å². The van der Waals surface area contributed by atoms with E-state index in [4.69, 9.17) is 0 Å². The van der Waals surface area contributed by atoms with Gasteiger partial charge in [0.15, 0.2) is 5.96 Å². The third kappa shape index (κ3) is 4.72. The first kappa shape index (κ1) is 16.3. The van der Waals surface area contributed by atoms with Crippen molar-refractivity contribution in [3.63, 3.8) is 0 Å². The highest BCUT2D eigenvalue weighted by atomic mass is 15.2. The number of unbranched alkanes of at least 4 members (excludes halogenated alkanes) is 3. The van der Waals surface area contributed by atoms with E-state index in [9.17, 15) is 0 Å². The van der Waals surface area contributed by atoms with Crippen LogP contribution in [0.3, 0.4) is 0 Å². The van der Waals surface area contributed by atoms with Crippen LogP contribution in [0.5, 0.6) is 0 Å². The number of fused-ring (bicyclic) bond motifs is 1. The number of benzene rings is 1. The molecule has 0 spiro atoms. The minimum Gasteiger partial charge on any atom is -0.356 e. The topological polar surface area (TPSA) is 49.3 Å². The molecule has 0 aliphatic carbocycles. The fraction of sp³-hybridized carbons (Fsp3) is 0.444. The summed E-state index contributed by atoms with van der Waals surface area (Å²) in [5, 5.41) is 9.11. The van der Waals surface area contributed by atoms with Crippen molar-refractivity contribution in [2.24, 2.45) is 4.99 Å². The van der Waals surface area contributed by atoms with Crippen LogP contribution in [-0.2, 0) is 6.54 Å². The van der Waals surface area contributed by atoms with Crippen molar-refractivity contribution in [2.45, 2.75) is 39.2 Å². The van der Waals surface area contributed by atoms with Crippen LogP contribution in [-0.4, -0.2) is 24.5 Å². The third-order valence-electron chi connectivity index (χ3n) is 3.73. The number of aliphatic imine (C=N–C) groups is 1. The van der Waals surface area contributed by atoms with E-state index in [-0.39, 0.29) is 0 Å². The first-order valence-corrected chi connectivity index (χ1v) is 8.12. The van der Waals surface area contributed by atoms with Gasteiger partial charge >= 0.3 is 0 Å². The fourth-order valence-electron chi connectivity index (χ4n) is 2.47. The van der Waals surface area contributed by atoms with E-state index in [2.05, 4.69) is 45.7 Å². The number of aromatic nitrogens is 1. The predicted octanol–water partition coefficient (Wildman–Crippen LogP) is 3.48. The maximum absolute atomic E-state index is 4.49. The highest BCUT2D eigenvalue weighted by Crippen LogP contribution is 2.15. The molecule has 1 aromatic heterocycles. The number of guanidine groups is 1. The number of nitrogens with zero attached hydrogens (tertiary/aromatic N) is 2. The van der Waals surface area contributed by atoms with Gasteiger partial charge in [-0.15, -0.1) is 0 Å². The molecule has 0 unspecified atom stereocenters. The quantitative estimate of drug-likeness (QED) is 0.467. The maximum Gasteiger partial charge on any atom is 0.191 e. The average molecular weight is 298 g/mol. The lowest BCUT2D eigenvalue weighted by Gasteiger charge is -2.12. The third-order valence-corrected chi connectivity index (χ3v) is 3.73. The van der Waals surface area contributed by atoms with Crippen molar-refractivity contribution >= 4 is 16.7 Å². The van der Waals surface area contributed by atoms with Gasteiger partial charge in [-0.05, 0) is 17.9 Å². The van der Waals surface area contributed by atoms with Gasteiger partial charge in [0.1, 0.15) is 0 Å². The lowest BCUT2D eigenvalue weighted by atomic mass is 10.1. The van der Waals surface area contributed by atoms with Gasteiger partial charge in [-0.3, -0.25) is 9.98 Å². The summed E-state index contributed by atoms with van der Waals surface area (Å²) in [5.41, 5.74) is 1.05. The Morgan fingerprint density at radius 2 is 1.95 bits per heavy atom. The van der Waals surface area contributed by atoms with Crippen molar-refractivity contribution in [1.29, 1.82) is 0 Å². The Labute approximate surface area is 133 Å². The molecular weight excluding hydrogens is 272 g/mol. The zero-order valence-electron chi connectivity index (χ0n) is 13.6. The van der Waals surface area contributed by atoms with E-state index in [1.807, 2.05) is 18.3 Å². The zero-order chi connectivity index (χ0) is 15.6. The highest BCUT2D eigenvalue weighted by Gasteiger charge is 2.03. The van der Waals surface area contributed by atoms with Gasteiger partial charge in [-0.25, -0.2) is 0 Å². The second kappa shape index (κ2) is 9.03. The molecule has 118 valence electrons. The predicted molar refractivity (Wildman–Crippen MR) is 94.1 cm³/mol. The number of nitrogens with one attached hydrogen (secondary N) is 2. The molecule has 0 amide bonds. The molecule has 22 heavy (non-hydrogen) atoms. The molecule has 0 fully saturated rings. The summed E-state index contributed by atoms with van der Waals surface area (Å²) in [5.74, 6) is 0.839. The number of hydrogen-bond donors (Lipinski definition) is 2. The van der Waals surface area contributed by atoms with Crippen molar-refractivity contribution < 1.29 is 0 Å². The minimum atomic E-state index is 0.677. The average Bonchev–Trinajstić information content (AvgIpc) is 2.57. The molecule has 2 N–H and O–H groups in total. The lowest BCUT2D eigenvalue weighted by molar-refractivity contribution is 0.646. The summed E-state index contributed by atoms with van der Waals surface area (Å²) in [4.78, 5) is 8.76. The molecule has 0 aliphatic heterocycles. The van der Waals surface area contributed by atoms with Crippen LogP contribution in [0.25, 0.3) is 10.8 Å². The number of hydrogen-bond acceptors (Lipinski definition) is 2. The molecule has 2 aromatic rings. The Balaban J connectivity index is 1.87. The second-order valence-electron chi connectivity index (χ2n) is 5.39. The molecule has 0 aliphatic rings. The van der Waals surface area contributed by atoms with Gasteiger partial charge in [-0.1, -0.05) is 50.5 Å². The summed E-state index contributed by atoms with van der Waals surface area (Å²) in [6, 6.07) is 10.4. The van der Waals surface area contributed by atoms with Crippen LogP contribution in [0.15, 0.2) is 41.5 Å². The molecule has 2 rings (SSSR count). The summed E-state index contributed by atoms with van der Waals surface area (Å²) in [7, 11) is 1.80. The Morgan fingerprint density at radius 1 is 1.09 bits per heavy atom. The van der Waals surface area contributed by atoms with Gasteiger partial charge in [-0.2, -0.15) is 0 Å². The maximum atomic E-state index is 4.49. The monoisotopic (exact) mass is 298 g/mol. The van der Waals surface area contributed by atoms with Gasteiger partial charge in [0.2, 0.25) is 0 Å². The summed E-state index contributed by atoms with van der Waals surface area (Å²) < 4.78 is 0. The summed E-state index contributed by atoms with van der Waals surface area (Å²) >= 11 is 0. The molecule has 0 atom stereocenters. The van der Waals surface area contributed by atoms with Gasteiger partial charge < -0.3 is 10.6 Å². The van der Waals surface area contributed by atoms with Crippen LogP contribution >= 0.6 is 0 Å². The fourth-order valence-corrected chi connectivity index (χ4v) is 2.47. The smallest absolute Gasteiger partial charge is 0.191 e. The van der Waals surface area contributed by atoms with Crippen LogP contribution < -0.4 is 10.6 Å². The first-order chi connectivity index (χ1) is 10.8. The van der Waals surface area contributed by atoms with Crippen LogP contribution in [0.2, 0.25) is 0 Å². The van der Waals surface area contributed by atoms with E-state index < -0.39 is 0 Å². The number of pyridine rings is 1. The van der Waals surface area contributed by atoms with Gasteiger partial charge in [0.05, 0.1) is 12.2 Å². The Bertz CT molecular complexity index is 602. The van der Waals surface area contributed by atoms with E-state index >= 15 is 0 Å². The molecule has 4 heteroatoms. The molecule has 0 saturated carbocycles. The molecular formula is C18H26N4. The second-order valence-corrected chi connectivity index (χ2v) is 5.39. The first-order valence-electron chi connectivity index (χ1n) is 8.12. The lowest BCUT2D eigenvalue weighted by Crippen LogP contribution is -2.37. The normalized spacial score (nSPS) is 11.6. The SMILES string of the molecule is CCCCCCNC(=NC)NCc1nccc2ccccc12. The molecule has 0 saturated heterocycles. The summed E-state index contributed by atoms with van der Waals surface area (Å²) in [6.45, 7) is 3.86. The van der Waals surface area contributed by atoms with Crippen molar-refractivity contribution in [2.75, 3.05) is 13.6 Å². The zero-order valence-corrected chi connectivity index (χ0v) is 13.6. The molecule has 1 aromatic carbocycles. The van der Waals surface area contributed by atoms with E-state index in [0.29, 0.717) is 6.54 Å². The minimum absolute atomic E-state index is 0.677. The van der Waals surface area contributed by atoms with Crippen molar-refractivity contribution in [3.05, 3.63) is 42.2 Å². The highest BCUT2D eigenvalue weighted by molar-refractivity contribution is 5.85. The van der Waals surface area contributed by atoms with E-state index in [1.54, 1.807) is 7.05 Å². The van der Waals surface area contributed by atoms with Gasteiger partial charge in [0.25, 0.3) is 0 Å². The molecule has 1 heterocycles. The molecule has 0 radical (unpaired) electrons. The van der Waals surface area contributed by atoms with Crippen LogP contribution in [0.4, 0.5) is 0 Å². The van der Waals surface area contributed by atoms with Crippen LogP contribution in [0.1, 0.15) is 38.3 Å². The summed E-state index contributed by atoms with van der Waals surface area (Å²) in [6.07, 6.45) is 6.88.